The highest BCUT2D eigenvalue weighted by Gasteiger charge is 2.55. The predicted octanol–water partition coefficient (Wildman–Crippen LogP) is 9.90. The van der Waals surface area contributed by atoms with Crippen molar-refractivity contribution in [3.8, 4) is 5.75 Å². The normalized spacial score (nSPS) is 29.5. The van der Waals surface area contributed by atoms with E-state index in [1.54, 1.807) is 0 Å². The molecule has 0 saturated carbocycles. The molecule has 3 aliphatic rings. The van der Waals surface area contributed by atoms with Gasteiger partial charge in [0.05, 0.1) is 5.60 Å². The van der Waals surface area contributed by atoms with E-state index >= 15 is 0 Å². The van der Waals surface area contributed by atoms with Crippen LogP contribution in [0.15, 0.2) is 60.2 Å². The van der Waals surface area contributed by atoms with Crippen molar-refractivity contribution >= 4 is 40.8 Å². The van der Waals surface area contributed by atoms with Crippen molar-refractivity contribution < 1.29 is 32.7 Å². The molecule has 1 fully saturated rings. The van der Waals surface area contributed by atoms with Crippen LogP contribution in [-0.2, 0) is 27.9 Å². The fourth-order valence-electron chi connectivity index (χ4n) is 9.08. The Kier molecular flexibility index (Phi) is 13.2. The minimum Gasteiger partial charge on any atom is -0.478 e. The van der Waals surface area contributed by atoms with Gasteiger partial charge in [0.2, 0.25) is 0 Å². The van der Waals surface area contributed by atoms with Gasteiger partial charge >= 0.3 is 11.9 Å². The predicted molar refractivity (Wildman–Crippen MR) is 224 cm³/mol. The monoisotopic (exact) mass is 776 g/mol. The first kappa shape index (κ1) is 42.4. The number of carbonyl (C=O) groups excluding carboxylic acids is 2. The fourth-order valence-corrected chi connectivity index (χ4v) is 11.3. The van der Waals surface area contributed by atoms with Crippen LogP contribution < -0.4 is 4.74 Å². The third-order valence-corrected chi connectivity index (χ3v) is 13.8. The largest absolute Gasteiger partial charge is 0.478 e. The summed E-state index contributed by atoms with van der Waals surface area (Å²) in [6.07, 6.45) is 8.28. The van der Waals surface area contributed by atoms with Crippen molar-refractivity contribution in [1.82, 2.24) is 0 Å². The van der Waals surface area contributed by atoms with Crippen LogP contribution in [0.5, 0.6) is 5.75 Å². The van der Waals surface area contributed by atoms with Gasteiger partial charge in [0.25, 0.3) is 0 Å². The summed E-state index contributed by atoms with van der Waals surface area (Å²) in [6, 6.07) is 12.3. The summed E-state index contributed by atoms with van der Waals surface area (Å²) in [5.74, 6) is 0.291. The molecule has 1 heterocycles. The van der Waals surface area contributed by atoms with Crippen LogP contribution >= 0.6 is 0 Å². The highest BCUT2D eigenvalue weighted by molar-refractivity contribution is 6.49. The van der Waals surface area contributed by atoms with E-state index in [1.807, 2.05) is 38.1 Å². The van der Waals surface area contributed by atoms with Crippen LogP contribution in [0, 0.1) is 41.4 Å². The maximum Gasteiger partial charge on any atom is 0.347 e. The lowest BCUT2D eigenvalue weighted by atomic mass is 9.59. The summed E-state index contributed by atoms with van der Waals surface area (Å²) < 4.78 is 33.2. The number of carbonyl (C=O) groups is 2. The van der Waals surface area contributed by atoms with Gasteiger partial charge in [-0.25, -0.2) is 9.59 Å². The summed E-state index contributed by atoms with van der Waals surface area (Å²) in [7, 11) is -3.10. The Morgan fingerprint density at radius 1 is 0.981 bits per heavy atom. The molecule has 1 saturated heterocycles. The van der Waals surface area contributed by atoms with Gasteiger partial charge < -0.3 is 23.1 Å². The molecule has 0 spiro atoms. The van der Waals surface area contributed by atoms with Crippen molar-refractivity contribution in [2.75, 3.05) is 0 Å². The van der Waals surface area contributed by atoms with Crippen LogP contribution in [0.4, 0.5) is 0 Å². The molecule has 0 N–H and O–H groups in total. The van der Waals surface area contributed by atoms with Crippen molar-refractivity contribution in [2.24, 2.45) is 34.5 Å². The Morgan fingerprint density at radius 3 is 2.31 bits per heavy atom. The maximum atomic E-state index is 14.4. The van der Waals surface area contributed by atoms with E-state index in [9.17, 15) is 9.59 Å². The Morgan fingerprint density at radius 2 is 1.69 bits per heavy atom. The number of benzene rings is 2. The molecular formula is C45H68O7Si2. The van der Waals surface area contributed by atoms with E-state index in [-0.39, 0.29) is 52.5 Å². The molecule has 0 radical (unpaired) electrons. The fraction of sp³-hybridized carbons (Fsp3) is 0.644. The van der Waals surface area contributed by atoms with E-state index in [0.29, 0.717) is 25.7 Å². The lowest BCUT2D eigenvalue weighted by molar-refractivity contribution is -0.180. The molecule has 0 amide bonds. The summed E-state index contributed by atoms with van der Waals surface area (Å²) in [6.45, 7) is 28.3. The van der Waals surface area contributed by atoms with Gasteiger partial charge in [-0.15, -0.1) is 0 Å². The zero-order valence-electron chi connectivity index (χ0n) is 35.4. The van der Waals surface area contributed by atoms with Gasteiger partial charge in [-0.1, -0.05) is 110 Å². The lowest BCUT2D eigenvalue weighted by Crippen LogP contribution is -2.58. The molecule has 2 unspecified atom stereocenters. The second kappa shape index (κ2) is 16.8. The average Bonchev–Trinajstić information content (AvgIpc) is 3.08. The second-order valence-corrected chi connectivity index (χ2v) is 23.7. The number of fused-ring (bicyclic) bond motifs is 2. The van der Waals surface area contributed by atoms with Crippen LogP contribution in [0.1, 0.15) is 93.1 Å². The SMILES string of the molecule is CCC(Oc1c(C)ccc2ccccc12)C(=O)O[C@H]1C[C@H](C(C)(C)C)C=C2C=C[C@H](C)[C@](CC[C@@H]3C[C@H](C(C)(C)C)C(O[SiH](C)C)C(=O)O3)(O[SiH](C)C)[C@H]21. The van der Waals surface area contributed by atoms with Gasteiger partial charge in [-0.3, -0.25) is 0 Å². The number of allylic oxidation sites excluding steroid dienone is 2. The Labute approximate surface area is 329 Å². The third kappa shape index (κ3) is 9.27. The topological polar surface area (TPSA) is 80.3 Å². The lowest BCUT2D eigenvalue weighted by Gasteiger charge is -2.54. The minimum absolute atomic E-state index is 0.0354. The van der Waals surface area contributed by atoms with Gasteiger partial charge in [-0.2, -0.15) is 0 Å². The van der Waals surface area contributed by atoms with Crippen molar-refractivity contribution in [2.45, 2.75) is 151 Å². The molecule has 0 aromatic heterocycles. The highest BCUT2D eigenvalue weighted by atomic mass is 28.3. The second-order valence-electron chi connectivity index (χ2n) is 19.0. The van der Waals surface area contributed by atoms with E-state index < -0.39 is 42.0 Å². The van der Waals surface area contributed by atoms with Gasteiger partial charge in [0, 0.05) is 23.1 Å². The standard InChI is InChI=1S/C45H68O7Si2/c1-14-36(49-39-28(2)19-21-30-17-15-16-18-34(30)39)41(46)50-37-26-32(43(4,5)6)25-31-22-20-29(3)45(38(31)37,52-54(12)13)24-23-33-27-35(44(7,8)9)40(42(47)48-33)51-53(10)11/h15-22,25,29,32-33,35-38,40,53-54H,14,23-24,26-27H2,1-13H3/t29-,32+,33+,35-,36?,37-,38+,40?,45-/m0/s1. The molecule has 9 heteroatoms. The molecule has 7 nitrogen and oxygen atoms in total. The van der Waals surface area contributed by atoms with E-state index in [2.05, 4.69) is 105 Å². The number of cyclic esters (lactones) is 1. The van der Waals surface area contributed by atoms with Crippen LogP contribution in [0.3, 0.4) is 0 Å². The van der Waals surface area contributed by atoms with Crippen LogP contribution in [0.25, 0.3) is 10.8 Å². The number of ether oxygens (including phenoxy) is 3. The van der Waals surface area contributed by atoms with Crippen molar-refractivity contribution in [1.29, 1.82) is 0 Å². The van der Waals surface area contributed by atoms with Crippen LogP contribution in [-0.4, -0.2) is 60.0 Å². The highest BCUT2D eigenvalue weighted by Crippen LogP contribution is 2.53. The molecule has 2 aromatic carbocycles. The molecule has 1 aliphatic heterocycles. The molecule has 2 aliphatic carbocycles. The molecule has 5 rings (SSSR count). The number of hydrogen-bond acceptors (Lipinski definition) is 7. The molecule has 298 valence electrons. The first-order valence-electron chi connectivity index (χ1n) is 20.5. The first-order chi connectivity index (χ1) is 25.2. The molecule has 54 heavy (non-hydrogen) atoms. The minimum atomic E-state index is -1.63. The number of hydrogen-bond donors (Lipinski definition) is 0. The van der Waals surface area contributed by atoms with E-state index in [4.69, 9.17) is 23.1 Å². The smallest absolute Gasteiger partial charge is 0.347 e. The summed E-state index contributed by atoms with van der Waals surface area (Å²) in [4.78, 5) is 28.0. The van der Waals surface area contributed by atoms with Crippen molar-refractivity contribution in [3.63, 3.8) is 0 Å². The number of aryl methyl sites for hydroxylation is 1. The quantitative estimate of drug-likeness (QED) is 0.157. The molecule has 0 bridgehead atoms. The zero-order chi connectivity index (χ0) is 39.7. The number of esters is 2. The first-order valence-corrected chi connectivity index (χ1v) is 26.1. The Balaban J connectivity index is 1.49. The van der Waals surface area contributed by atoms with E-state index in [0.717, 1.165) is 28.5 Å². The molecule has 2 aromatic rings. The number of rotatable bonds is 12. The van der Waals surface area contributed by atoms with Crippen molar-refractivity contribution in [3.05, 3.63) is 65.8 Å². The average molecular weight is 777 g/mol. The molecular weight excluding hydrogens is 709 g/mol. The summed E-state index contributed by atoms with van der Waals surface area (Å²) in [5.41, 5.74) is 1.37. The third-order valence-electron chi connectivity index (χ3n) is 12.1. The zero-order valence-corrected chi connectivity index (χ0v) is 37.7. The summed E-state index contributed by atoms with van der Waals surface area (Å²) >= 11 is 0. The Hall–Kier alpha value is -2.73. The van der Waals surface area contributed by atoms with Gasteiger partial charge in [0.1, 0.15) is 24.1 Å². The maximum absolute atomic E-state index is 14.4. The van der Waals surface area contributed by atoms with Gasteiger partial charge in [0.15, 0.2) is 24.2 Å². The van der Waals surface area contributed by atoms with Crippen LogP contribution in [0.2, 0.25) is 26.2 Å². The Bertz CT molecular complexity index is 1700. The molecule has 9 atom stereocenters. The summed E-state index contributed by atoms with van der Waals surface area (Å²) in [5, 5.41) is 2.06. The van der Waals surface area contributed by atoms with E-state index in [1.165, 1.54) is 5.57 Å². The van der Waals surface area contributed by atoms with Gasteiger partial charge in [-0.05, 0) is 98.5 Å².